The lowest BCUT2D eigenvalue weighted by Crippen LogP contribution is -2.44. The minimum Gasteiger partial charge on any atom is -0.497 e. The van der Waals surface area contributed by atoms with E-state index in [0.717, 1.165) is 11.3 Å². The highest BCUT2D eigenvalue weighted by Gasteiger charge is 2.44. The molecule has 2 atom stereocenters. The van der Waals surface area contributed by atoms with Crippen molar-refractivity contribution in [1.82, 2.24) is 21.3 Å². The summed E-state index contributed by atoms with van der Waals surface area (Å²) in [6.07, 6.45) is 0.141. The van der Waals surface area contributed by atoms with E-state index in [1.807, 2.05) is 43.1 Å². The van der Waals surface area contributed by atoms with Crippen LogP contribution >= 0.6 is 0 Å². The first-order valence-corrected chi connectivity index (χ1v) is 9.16. The van der Waals surface area contributed by atoms with E-state index in [0.29, 0.717) is 30.8 Å². The molecule has 3 rings (SSSR count). The number of ether oxygens (including phenoxy) is 2. The summed E-state index contributed by atoms with van der Waals surface area (Å²) < 4.78 is 10.8. The molecule has 4 N–H and O–H groups in total. The number of benzene rings is 1. The number of hydrogen-bond acceptors (Lipinski definition) is 7. The Labute approximate surface area is 159 Å². The third-order valence-corrected chi connectivity index (χ3v) is 4.73. The van der Waals surface area contributed by atoms with Gasteiger partial charge < -0.3 is 25.3 Å². The Bertz CT molecular complexity index is 715. The highest BCUT2D eigenvalue weighted by atomic mass is 16.6. The molecular weight excluding hydrogens is 348 g/mol. The maximum absolute atomic E-state index is 12.0. The molecule has 27 heavy (non-hydrogen) atoms. The number of methoxy groups -OCH3 is 1. The van der Waals surface area contributed by atoms with Crippen LogP contribution in [-0.2, 0) is 11.3 Å². The number of hydrazine groups is 2. The number of nitrogens with zero attached hydrogens (tertiary/aromatic N) is 1. The molecule has 1 heterocycles. The minimum atomic E-state index is -1.02. The van der Waals surface area contributed by atoms with Crippen LogP contribution in [0.4, 0.5) is 4.79 Å². The van der Waals surface area contributed by atoms with Gasteiger partial charge in [-0.1, -0.05) is 12.1 Å². The van der Waals surface area contributed by atoms with Crippen LogP contribution in [0, 0.1) is 0 Å². The summed E-state index contributed by atoms with van der Waals surface area (Å²) in [5, 5.41) is 15.5. The van der Waals surface area contributed by atoms with Gasteiger partial charge in [-0.25, -0.2) is 4.79 Å². The molecule has 0 saturated carbocycles. The zero-order valence-electron chi connectivity index (χ0n) is 16.2. The summed E-state index contributed by atoms with van der Waals surface area (Å²) in [6.45, 7) is 6.08. The molecule has 148 valence electrons. The molecular formula is C19H28N4O4. The molecule has 0 aromatic heterocycles. The van der Waals surface area contributed by atoms with Gasteiger partial charge >= 0.3 is 6.09 Å². The molecule has 0 fully saturated rings. The molecule has 0 radical (unpaired) electrons. The van der Waals surface area contributed by atoms with E-state index in [1.165, 1.54) is 0 Å². The van der Waals surface area contributed by atoms with Crippen molar-refractivity contribution in [2.75, 3.05) is 7.11 Å². The fourth-order valence-electron chi connectivity index (χ4n) is 3.43. The van der Waals surface area contributed by atoms with E-state index in [2.05, 4.69) is 16.3 Å². The molecule has 1 aliphatic heterocycles. The Morgan fingerprint density at radius 2 is 2.11 bits per heavy atom. The molecule has 8 heteroatoms. The first kappa shape index (κ1) is 19.3. The van der Waals surface area contributed by atoms with Crippen molar-refractivity contribution in [3.8, 4) is 5.75 Å². The van der Waals surface area contributed by atoms with Gasteiger partial charge in [-0.15, -0.1) is 5.53 Å². The Kier molecular flexibility index (Phi) is 5.48. The molecule has 1 aromatic carbocycles. The summed E-state index contributed by atoms with van der Waals surface area (Å²) >= 11 is 0. The zero-order chi connectivity index (χ0) is 19.6. The number of carbonyl (C=O) groups is 1. The van der Waals surface area contributed by atoms with Crippen molar-refractivity contribution < 1.29 is 19.4 Å². The largest absolute Gasteiger partial charge is 0.497 e. The van der Waals surface area contributed by atoms with Crippen LogP contribution in [-0.4, -0.2) is 41.1 Å². The molecule has 1 aromatic rings. The molecule has 0 bridgehead atoms. The SMILES string of the molecule is COc1ccc(CN2NNC3=C2[C@](C)(O)CC[C@H]3OC(=O)NC(C)C)cc1. The fourth-order valence-corrected chi connectivity index (χ4v) is 3.43. The maximum atomic E-state index is 12.0. The molecule has 0 saturated heterocycles. The van der Waals surface area contributed by atoms with Gasteiger partial charge in [0.15, 0.2) is 0 Å². The Morgan fingerprint density at radius 1 is 1.41 bits per heavy atom. The van der Waals surface area contributed by atoms with E-state index in [-0.39, 0.29) is 6.04 Å². The van der Waals surface area contributed by atoms with Gasteiger partial charge in [-0.3, -0.25) is 5.01 Å². The van der Waals surface area contributed by atoms with E-state index in [4.69, 9.17) is 9.47 Å². The molecule has 1 aliphatic carbocycles. The summed E-state index contributed by atoms with van der Waals surface area (Å²) in [6, 6.07) is 7.74. The van der Waals surface area contributed by atoms with E-state index < -0.39 is 17.8 Å². The molecule has 8 nitrogen and oxygen atoms in total. The monoisotopic (exact) mass is 376 g/mol. The van der Waals surface area contributed by atoms with Gasteiger partial charge in [0.05, 0.1) is 25.0 Å². The van der Waals surface area contributed by atoms with Gasteiger partial charge in [-0.2, -0.15) is 0 Å². The van der Waals surface area contributed by atoms with Gasteiger partial charge in [0.1, 0.15) is 17.5 Å². The molecule has 1 amide bonds. The number of carbonyl (C=O) groups excluding carboxylic acids is 1. The highest BCUT2D eigenvalue weighted by Crippen LogP contribution is 2.38. The van der Waals surface area contributed by atoms with Gasteiger partial charge in [0, 0.05) is 6.04 Å². The van der Waals surface area contributed by atoms with Crippen molar-refractivity contribution in [2.45, 2.75) is 57.9 Å². The predicted octanol–water partition coefficient (Wildman–Crippen LogP) is 1.78. The number of aliphatic hydroxyl groups is 1. The number of amides is 1. The van der Waals surface area contributed by atoms with Crippen LogP contribution in [0.3, 0.4) is 0 Å². The van der Waals surface area contributed by atoms with E-state index in [1.54, 1.807) is 14.0 Å². The molecule has 0 unspecified atom stereocenters. The number of alkyl carbamates (subject to hydrolysis) is 1. The van der Waals surface area contributed by atoms with Crippen LogP contribution in [0.1, 0.15) is 39.2 Å². The Hall–Kier alpha value is -2.45. The average Bonchev–Trinajstić information content (AvgIpc) is 3.03. The van der Waals surface area contributed by atoms with Crippen LogP contribution in [0.15, 0.2) is 35.7 Å². The predicted molar refractivity (Wildman–Crippen MR) is 100 cm³/mol. The van der Waals surface area contributed by atoms with Crippen LogP contribution in [0.5, 0.6) is 5.75 Å². The lowest BCUT2D eigenvalue weighted by molar-refractivity contribution is 0.0188. The zero-order valence-corrected chi connectivity index (χ0v) is 16.2. The second-order valence-corrected chi connectivity index (χ2v) is 7.44. The second-order valence-electron chi connectivity index (χ2n) is 7.44. The Morgan fingerprint density at radius 3 is 2.74 bits per heavy atom. The third kappa shape index (κ3) is 4.28. The second kappa shape index (κ2) is 7.66. The lowest BCUT2D eigenvalue weighted by atomic mass is 9.85. The summed E-state index contributed by atoms with van der Waals surface area (Å²) in [4.78, 5) is 12.0. The quantitative estimate of drug-likeness (QED) is 0.622. The normalized spacial score (nSPS) is 24.5. The lowest BCUT2D eigenvalue weighted by Gasteiger charge is -2.36. The molecule has 0 spiro atoms. The standard InChI is InChI=1S/C19H28N4O4/c1-12(2)20-18(24)27-15-9-10-19(3,25)17-16(15)21-22-23(17)11-13-5-7-14(26-4)8-6-13/h5-8,12,15,21-22,25H,9-11H2,1-4H3,(H,20,24)/t15-,19-/m1/s1. The van der Waals surface area contributed by atoms with Crippen molar-refractivity contribution in [3.63, 3.8) is 0 Å². The van der Waals surface area contributed by atoms with Crippen molar-refractivity contribution >= 4 is 6.09 Å². The van der Waals surface area contributed by atoms with E-state index in [9.17, 15) is 9.90 Å². The third-order valence-electron chi connectivity index (χ3n) is 4.73. The van der Waals surface area contributed by atoms with Gasteiger partial charge in [0.2, 0.25) is 0 Å². The fraction of sp³-hybridized carbons (Fsp3) is 0.526. The topological polar surface area (TPSA) is 95.1 Å². The number of rotatable bonds is 5. The number of hydrogen-bond donors (Lipinski definition) is 4. The van der Waals surface area contributed by atoms with Gasteiger partial charge in [0.25, 0.3) is 0 Å². The highest BCUT2D eigenvalue weighted by molar-refractivity contribution is 5.68. The maximum Gasteiger partial charge on any atom is 0.407 e. The van der Waals surface area contributed by atoms with E-state index >= 15 is 0 Å². The van der Waals surface area contributed by atoms with Gasteiger partial charge in [-0.05, 0) is 51.3 Å². The number of nitrogens with one attached hydrogen (secondary N) is 3. The van der Waals surface area contributed by atoms with Crippen molar-refractivity contribution in [2.24, 2.45) is 0 Å². The first-order valence-electron chi connectivity index (χ1n) is 9.16. The summed E-state index contributed by atoms with van der Waals surface area (Å²) in [5.41, 5.74) is 7.59. The Balaban J connectivity index is 1.78. The van der Waals surface area contributed by atoms with Crippen molar-refractivity contribution in [1.29, 1.82) is 0 Å². The first-order chi connectivity index (χ1) is 12.8. The van der Waals surface area contributed by atoms with Crippen LogP contribution < -0.4 is 21.0 Å². The smallest absolute Gasteiger partial charge is 0.407 e. The average molecular weight is 376 g/mol. The van der Waals surface area contributed by atoms with Crippen molar-refractivity contribution in [3.05, 3.63) is 41.2 Å². The summed E-state index contributed by atoms with van der Waals surface area (Å²) in [5.74, 6) is 0.792. The van der Waals surface area contributed by atoms with Crippen LogP contribution in [0.25, 0.3) is 0 Å². The summed E-state index contributed by atoms with van der Waals surface area (Å²) in [7, 11) is 1.63. The minimum absolute atomic E-state index is 0.00104. The van der Waals surface area contributed by atoms with Crippen LogP contribution in [0.2, 0.25) is 0 Å². The molecule has 2 aliphatic rings.